The molecule has 1 saturated carbocycles. The van der Waals surface area contributed by atoms with E-state index in [9.17, 15) is 9.18 Å². The Labute approximate surface area is 145 Å². The number of urea groups is 1. The Morgan fingerprint density at radius 2 is 2.16 bits per heavy atom. The van der Waals surface area contributed by atoms with E-state index in [1.165, 1.54) is 6.07 Å². The number of benzene rings is 1. The number of nitrogens with one attached hydrogen (secondary N) is 2. The van der Waals surface area contributed by atoms with Gasteiger partial charge in [0.1, 0.15) is 5.76 Å². The summed E-state index contributed by atoms with van der Waals surface area (Å²) in [6, 6.07) is 3.71. The number of aryl methyl sites for hydroxylation is 2. The fraction of sp³-hybridized carbons (Fsp3) is 0.444. The molecule has 2 amide bonds. The van der Waals surface area contributed by atoms with Crippen LogP contribution in [0.4, 0.5) is 14.9 Å². The lowest BCUT2D eigenvalue weighted by Crippen LogP contribution is -2.31. The van der Waals surface area contributed by atoms with Gasteiger partial charge in [-0.05, 0) is 52.2 Å². The average molecular weight is 347 g/mol. The number of anilines is 1. The van der Waals surface area contributed by atoms with Gasteiger partial charge < -0.3 is 19.9 Å². The summed E-state index contributed by atoms with van der Waals surface area (Å²) in [5.41, 5.74) is 1.93. The van der Waals surface area contributed by atoms with Crippen molar-refractivity contribution in [2.45, 2.75) is 52.2 Å². The van der Waals surface area contributed by atoms with Crippen LogP contribution in [0.15, 0.2) is 22.7 Å². The van der Waals surface area contributed by atoms with Gasteiger partial charge in [0.25, 0.3) is 0 Å². The molecule has 1 aromatic carbocycles. The van der Waals surface area contributed by atoms with Gasteiger partial charge in [0.15, 0.2) is 11.6 Å². The fourth-order valence-electron chi connectivity index (χ4n) is 2.89. The second-order valence-electron chi connectivity index (χ2n) is 6.37. The first kappa shape index (κ1) is 17.3. The quantitative estimate of drug-likeness (QED) is 0.848. The van der Waals surface area contributed by atoms with Crippen molar-refractivity contribution in [3.05, 3.63) is 41.0 Å². The highest BCUT2D eigenvalue weighted by Gasteiger charge is 2.21. The van der Waals surface area contributed by atoms with Crippen LogP contribution in [0.1, 0.15) is 49.2 Å². The molecule has 1 aromatic heterocycles. The molecule has 1 aliphatic carbocycles. The molecule has 1 heterocycles. The zero-order chi connectivity index (χ0) is 18.0. The monoisotopic (exact) mass is 347 g/mol. The molecule has 6 nitrogen and oxygen atoms in total. The fourth-order valence-corrected chi connectivity index (χ4v) is 2.89. The molecule has 0 aliphatic heterocycles. The molecule has 0 spiro atoms. The molecule has 1 aliphatic rings. The van der Waals surface area contributed by atoms with E-state index in [1.54, 1.807) is 19.1 Å². The number of hydrogen-bond donors (Lipinski definition) is 2. The first-order valence-electron chi connectivity index (χ1n) is 8.40. The Hall–Kier alpha value is -2.57. The summed E-state index contributed by atoms with van der Waals surface area (Å²) in [5.74, 6) is 0.400. The molecule has 7 heteroatoms. The first-order valence-corrected chi connectivity index (χ1v) is 8.40. The van der Waals surface area contributed by atoms with Gasteiger partial charge in [-0.2, -0.15) is 0 Å². The molecule has 1 fully saturated rings. The van der Waals surface area contributed by atoms with Crippen molar-refractivity contribution < 1.29 is 18.4 Å². The Kier molecular flexibility index (Phi) is 4.92. The van der Waals surface area contributed by atoms with Crippen molar-refractivity contribution in [2.24, 2.45) is 0 Å². The van der Waals surface area contributed by atoms with Crippen LogP contribution in [0.3, 0.4) is 0 Å². The minimum Gasteiger partial charge on any atom is -0.487 e. The molecule has 0 bridgehead atoms. The van der Waals surface area contributed by atoms with Crippen molar-refractivity contribution >= 4 is 11.7 Å². The second-order valence-corrected chi connectivity index (χ2v) is 6.37. The van der Waals surface area contributed by atoms with Crippen LogP contribution in [0.5, 0.6) is 5.75 Å². The third-order valence-corrected chi connectivity index (χ3v) is 4.40. The standard InChI is InChI=1S/C18H22FN3O3/c1-10(17-11(2)22-25-12(17)3)20-18(23)21-13-7-8-16(15(19)9-13)24-14-5-4-6-14/h7-10,14H,4-6H2,1-3H3,(H2,20,21,23)/t10-/m0/s1. The molecule has 3 rings (SSSR count). The molecule has 2 aromatic rings. The normalized spacial score (nSPS) is 15.4. The van der Waals surface area contributed by atoms with Gasteiger partial charge in [-0.1, -0.05) is 5.16 Å². The number of ether oxygens (including phenoxy) is 1. The van der Waals surface area contributed by atoms with Gasteiger partial charge in [0.2, 0.25) is 0 Å². The Bertz CT molecular complexity index is 751. The number of rotatable bonds is 5. The summed E-state index contributed by atoms with van der Waals surface area (Å²) >= 11 is 0. The lowest BCUT2D eigenvalue weighted by Gasteiger charge is -2.26. The molecule has 25 heavy (non-hydrogen) atoms. The number of hydrogen-bond acceptors (Lipinski definition) is 4. The molecule has 0 unspecified atom stereocenters. The third kappa shape index (κ3) is 3.92. The van der Waals surface area contributed by atoms with E-state index in [-0.39, 0.29) is 17.9 Å². The number of carbonyl (C=O) groups excluding carboxylic acids is 1. The molecule has 0 radical (unpaired) electrons. The molecule has 134 valence electrons. The van der Waals surface area contributed by atoms with E-state index >= 15 is 0 Å². The van der Waals surface area contributed by atoms with Gasteiger partial charge in [-0.15, -0.1) is 0 Å². The predicted molar refractivity (Wildman–Crippen MR) is 91.2 cm³/mol. The Balaban J connectivity index is 1.59. The summed E-state index contributed by atoms with van der Waals surface area (Å²) < 4.78 is 24.8. The van der Waals surface area contributed by atoms with Crippen molar-refractivity contribution in [1.29, 1.82) is 0 Å². The number of nitrogens with zero attached hydrogens (tertiary/aromatic N) is 1. The van der Waals surface area contributed by atoms with Crippen molar-refractivity contribution in [2.75, 3.05) is 5.32 Å². The second kappa shape index (κ2) is 7.13. The smallest absolute Gasteiger partial charge is 0.319 e. The summed E-state index contributed by atoms with van der Waals surface area (Å²) in [4.78, 5) is 12.1. The zero-order valence-electron chi connectivity index (χ0n) is 14.6. The predicted octanol–water partition coefficient (Wildman–Crippen LogP) is 4.24. The van der Waals surface area contributed by atoms with E-state index in [1.807, 2.05) is 13.8 Å². The highest BCUT2D eigenvalue weighted by molar-refractivity contribution is 5.89. The number of halogens is 1. The largest absolute Gasteiger partial charge is 0.487 e. The van der Waals surface area contributed by atoms with Gasteiger partial charge in [-0.3, -0.25) is 0 Å². The summed E-state index contributed by atoms with van der Waals surface area (Å²) in [7, 11) is 0. The minimum atomic E-state index is -0.483. The first-order chi connectivity index (χ1) is 11.9. The summed E-state index contributed by atoms with van der Waals surface area (Å²) in [5, 5.41) is 9.29. The third-order valence-electron chi connectivity index (χ3n) is 4.40. The van der Waals surface area contributed by atoms with E-state index in [4.69, 9.17) is 9.26 Å². The lowest BCUT2D eigenvalue weighted by atomic mass is 9.96. The Morgan fingerprint density at radius 3 is 2.72 bits per heavy atom. The minimum absolute atomic E-state index is 0.104. The molecule has 0 saturated heterocycles. The van der Waals surface area contributed by atoms with Crippen LogP contribution in [-0.2, 0) is 0 Å². The topological polar surface area (TPSA) is 76.4 Å². The number of amides is 2. The van der Waals surface area contributed by atoms with Crippen molar-refractivity contribution in [3.8, 4) is 5.75 Å². The van der Waals surface area contributed by atoms with Crippen LogP contribution in [-0.4, -0.2) is 17.3 Å². The van der Waals surface area contributed by atoms with E-state index in [0.29, 0.717) is 11.4 Å². The maximum atomic E-state index is 14.1. The van der Waals surface area contributed by atoms with Crippen LogP contribution in [0.2, 0.25) is 0 Å². The lowest BCUT2D eigenvalue weighted by molar-refractivity contribution is 0.115. The van der Waals surface area contributed by atoms with Gasteiger partial charge in [0, 0.05) is 17.3 Å². The number of carbonyl (C=O) groups is 1. The van der Waals surface area contributed by atoms with Crippen molar-refractivity contribution in [1.82, 2.24) is 10.5 Å². The Morgan fingerprint density at radius 1 is 1.40 bits per heavy atom. The molecular weight excluding hydrogens is 325 g/mol. The highest BCUT2D eigenvalue weighted by atomic mass is 19.1. The molecular formula is C18H22FN3O3. The maximum absolute atomic E-state index is 14.1. The van der Waals surface area contributed by atoms with E-state index in [2.05, 4.69) is 15.8 Å². The van der Waals surface area contributed by atoms with Crippen LogP contribution < -0.4 is 15.4 Å². The van der Waals surface area contributed by atoms with E-state index in [0.717, 1.165) is 30.5 Å². The maximum Gasteiger partial charge on any atom is 0.319 e. The van der Waals surface area contributed by atoms with Crippen LogP contribution >= 0.6 is 0 Å². The van der Waals surface area contributed by atoms with Gasteiger partial charge in [-0.25, -0.2) is 9.18 Å². The average Bonchev–Trinajstić information content (AvgIpc) is 2.83. The van der Waals surface area contributed by atoms with Gasteiger partial charge in [0.05, 0.1) is 17.8 Å². The highest BCUT2D eigenvalue weighted by Crippen LogP contribution is 2.28. The van der Waals surface area contributed by atoms with Crippen LogP contribution in [0.25, 0.3) is 0 Å². The van der Waals surface area contributed by atoms with Crippen LogP contribution in [0, 0.1) is 19.7 Å². The summed E-state index contributed by atoms with van der Waals surface area (Å²) in [6.07, 6.45) is 3.14. The summed E-state index contributed by atoms with van der Waals surface area (Å²) in [6.45, 7) is 5.45. The zero-order valence-corrected chi connectivity index (χ0v) is 14.6. The van der Waals surface area contributed by atoms with Crippen molar-refractivity contribution in [3.63, 3.8) is 0 Å². The molecule has 1 atom stereocenters. The number of aromatic nitrogens is 1. The van der Waals surface area contributed by atoms with E-state index < -0.39 is 11.8 Å². The molecule has 2 N–H and O–H groups in total. The van der Waals surface area contributed by atoms with Gasteiger partial charge >= 0.3 is 6.03 Å². The SMILES string of the molecule is Cc1noc(C)c1[C@H](C)NC(=O)Nc1ccc(OC2CCC2)c(F)c1.